The highest BCUT2D eigenvalue weighted by atomic mass is 16.5. The number of amides is 1. The highest BCUT2D eigenvalue weighted by Crippen LogP contribution is 2.43. The normalized spacial score (nSPS) is 13.2. The van der Waals surface area contributed by atoms with Gasteiger partial charge in [-0.25, -0.2) is 4.79 Å². The lowest BCUT2D eigenvalue weighted by atomic mass is 9.94. The van der Waals surface area contributed by atoms with E-state index in [1.807, 2.05) is 48.5 Å². The van der Waals surface area contributed by atoms with E-state index in [0.717, 1.165) is 52.8 Å². The number of aromatic carboxylic acids is 1. The SMILES string of the molecule is CC(=O)Nc1ccc(C2=C(c3cc(C)ccc3OCc3ccccc3)CCC2)cc1C(=O)O. The van der Waals surface area contributed by atoms with Gasteiger partial charge in [0.2, 0.25) is 5.91 Å². The summed E-state index contributed by atoms with van der Waals surface area (Å²) < 4.78 is 6.22. The van der Waals surface area contributed by atoms with Crippen LogP contribution in [0.15, 0.2) is 66.7 Å². The van der Waals surface area contributed by atoms with Crippen molar-refractivity contribution in [1.29, 1.82) is 0 Å². The third kappa shape index (κ3) is 5.14. The summed E-state index contributed by atoms with van der Waals surface area (Å²) in [5.74, 6) is -0.540. The topological polar surface area (TPSA) is 75.6 Å². The minimum atomic E-state index is -1.07. The first-order chi connectivity index (χ1) is 15.9. The molecule has 3 aromatic carbocycles. The minimum Gasteiger partial charge on any atom is -0.488 e. The number of carbonyl (C=O) groups is 2. The van der Waals surface area contributed by atoms with Crippen LogP contribution in [0.5, 0.6) is 5.75 Å². The minimum absolute atomic E-state index is 0.0891. The summed E-state index contributed by atoms with van der Waals surface area (Å²) in [5.41, 5.74) is 6.87. The number of carbonyl (C=O) groups excluding carboxylic acids is 1. The third-order valence-electron chi connectivity index (χ3n) is 5.82. The van der Waals surface area contributed by atoms with Crippen LogP contribution in [0.4, 0.5) is 5.69 Å². The highest BCUT2D eigenvalue weighted by Gasteiger charge is 2.22. The number of aryl methyl sites for hydroxylation is 1. The summed E-state index contributed by atoms with van der Waals surface area (Å²) in [4.78, 5) is 23.3. The van der Waals surface area contributed by atoms with Gasteiger partial charge in [-0.1, -0.05) is 48.0 Å². The van der Waals surface area contributed by atoms with E-state index in [-0.39, 0.29) is 11.5 Å². The second kappa shape index (κ2) is 9.74. The van der Waals surface area contributed by atoms with E-state index in [1.54, 1.807) is 12.1 Å². The number of rotatable bonds is 7. The Hall–Kier alpha value is -3.86. The Morgan fingerprint density at radius 1 is 0.970 bits per heavy atom. The molecule has 0 unspecified atom stereocenters. The molecule has 0 atom stereocenters. The third-order valence-corrected chi connectivity index (χ3v) is 5.82. The van der Waals surface area contributed by atoms with Crippen LogP contribution in [0.3, 0.4) is 0 Å². The quantitative estimate of drug-likeness (QED) is 0.449. The van der Waals surface area contributed by atoms with Crippen LogP contribution < -0.4 is 10.1 Å². The molecule has 0 fully saturated rings. The monoisotopic (exact) mass is 441 g/mol. The molecule has 0 saturated heterocycles. The zero-order chi connectivity index (χ0) is 23.4. The Morgan fingerprint density at radius 3 is 2.45 bits per heavy atom. The number of carboxylic acid groups (broad SMARTS) is 1. The predicted octanol–water partition coefficient (Wildman–Crippen LogP) is 6.33. The summed E-state index contributed by atoms with van der Waals surface area (Å²) in [6.07, 6.45) is 2.75. The molecule has 2 N–H and O–H groups in total. The number of allylic oxidation sites excluding steroid dienone is 2. The molecule has 0 aromatic heterocycles. The molecular formula is C28H27NO4. The summed E-state index contributed by atoms with van der Waals surface area (Å²) in [6.45, 7) is 3.91. The van der Waals surface area contributed by atoms with Crippen LogP contribution >= 0.6 is 0 Å². The second-order valence-corrected chi connectivity index (χ2v) is 8.33. The van der Waals surface area contributed by atoms with Crippen LogP contribution in [0.25, 0.3) is 11.1 Å². The van der Waals surface area contributed by atoms with Crippen molar-refractivity contribution in [3.05, 3.63) is 94.5 Å². The zero-order valence-corrected chi connectivity index (χ0v) is 18.9. The molecule has 1 aliphatic rings. The molecule has 0 heterocycles. The van der Waals surface area contributed by atoms with Gasteiger partial charge in [-0.15, -0.1) is 0 Å². The maximum absolute atomic E-state index is 11.9. The molecule has 4 rings (SSSR count). The number of ether oxygens (including phenoxy) is 1. The van der Waals surface area contributed by atoms with Gasteiger partial charge >= 0.3 is 5.97 Å². The molecule has 33 heavy (non-hydrogen) atoms. The molecule has 1 aliphatic carbocycles. The standard InChI is InChI=1S/C28H27NO4/c1-18-11-14-27(33-17-20-7-4-3-5-8-20)24(15-18)23-10-6-9-22(23)21-12-13-26(29-19(2)30)25(16-21)28(31)32/h3-5,7-8,11-16H,6,9-10,17H2,1-2H3,(H,29,30)(H,31,32). The lowest BCUT2D eigenvalue weighted by Crippen LogP contribution is -2.11. The van der Waals surface area contributed by atoms with Gasteiger partial charge in [0.25, 0.3) is 0 Å². The second-order valence-electron chi connectivity index (χ2n) is 8.33. The van der Waals surface area contributed by atoms with Gasteiger partial charge in [0, 0.05) is 12.5 Å². The Kier molecular flexibility index (Phi) is 6.59. The van der Waals surface area contributed by atoms with Gasteiger partial charge in [0.15, 0.2) is 0 Å². The summed E-state index contributed by atoms with van der Waals surface area (Å²) >= 11 is 0. The number of hydrogen-bond acceptors (Lipinski definition) is 3. The number of hydrogen-bond donors (Lipinski definition) is 2. The Balaban J connectivity index is 1.73. The lowest BCUT2D eigenvalue weighted by Gasteiger charge is -2.16. The molecule has 5 nitrogen and oxygen atoms in total. The number of benzene rings is 3. The maximum Gasteiger partial charge on any atom is 0.337 e. The van der Waals surface area contributed by atoms with E-state index in [0.29, 0.717) is 12.3 Å². The molecule has 0 saturated carbocycles. The van der Waals surface area contributed by atoms with Gasteiger partial charge in [-0.2, -0.15) is 0 Å². The van der Waals surface area contributed by atoms with Crippen LogP contribution in [0.1, 0.15) is 58.8 Å². The van der Waals surface area contributed by atoms with Gasteiger partial charge in [-0.05, 0) is 72.7 Å². The molecule has 0 radical (unpaired) electrons. The van der Waals surface area contributed by atoms with Crippen molar-refractivity contribution in [2.45, 2.75) is 39.7 Å². The van der Waals surface area contributed by atoms with Crippen molar-refractivity contribution in [3.63, 3.8) is 0 Å². The molecule has 0 aliphatic heterocycles. The zero-order valence-electron chi connectivity index (χ0n) is 18.9. The van der Waals surface area contributed by atoms with Crippen molar-refractivity contribution in [1.82, 2.24) is 0 Å². The predicted molar refractivity (Wildman–Crippen MR) is 130 cm³/mol. The van der Waals surface area contributed by atoms with E-state index in [9.17, 15) is 14.7 Å². The molecule has 1 amide bonds. The first-order valence-corrected chi connectivity index (χ1v) is 11.1. The summed E-state index contributed by atoms with van der Waals surface area (Å²) in [5, 5.41) is 12.3. The molecule has 3 aromatic rings. The van der Waals surface area contributed by atoms with Crippen molar-refractivity contribution in [2.24, 2.45) is 0 Å². The highest BCUT2D eigenvalue weighted by molar-refractivity contribution is 6.02. The molecule has 0 bridgehead atoms. The van der Waals surface area contributed by atoms with E-state index in [4.69, 9.17) is 4.74 Å². The largest absolute Gasteiger partial charge is 0.488 e. The molecule has 0 spiro atoms. The van der Waals surface area contributed by atoms with Crippen LogP contribution in [-0.2, 0) is 11.4 Å². The summed E-state index contributed by atoms with van der Waals surface area (Å²) in [6, 6.07) is 21.5. The average molecular weight is 442 g/mol. The Morgan fingerprint density at radius 2 is 1.73 bits per heavy atom. The number of anilines is 1. The van der Waals surface area contributed by atoms with Gasteiger partial charge in [0.05, 0.1) is 11.3 Å². The molecule has 168 valence electrons. The van der Waals surface area contributed by atoms with Crippen LogP contribution in [0.2, 0.25) is 0 Å². The van der Waals surface area contributed by atoms with E-state index < -0.39 is 5.97 Å². The molecule has 5 heteroatoms. The van der Waals surface area contributed by atoms with Crippen LogP contribution in [0, 0.1) is 6.92 Å². The fourth-order valence-electron chi connectivity index (χ4n) is 4.31. The van der Waals surface area contributed by atoms with E-state index >= 15 is 0 Å². The van der Waals surface area contributed by atoms with E-state index in [2.05, 4.69) is 18.3 Å². The average Bonchev–Trinajstić information content (AvgIpc) is 3.28. The summed E-state index contributed by atoms with van der Waals surface area (Å²) in [7, 11) is 0. The first kappa shape index (κ1) is 22.3. The van der Waals surface area contributed by atoms with E-state index in [1.165, 1.54) is 12.5 Å². The molecular weight excluding hydrogens is 414 g/mol. The fraction of sp³-hybridized carbons (Fsp3) is 0.214. The first-order valence-electron chi connectivity index (χ1n) is 11.1. The number of carboxylic acids is 1. The van der Waals surface area contributed by atoms with Gasteiger partial charge < -0.3 is 15.2 Å². The van der Waals surface area contributed by atoms with Gasteiger partial charge in [-0.3, -0.25) is 4.79 Å². The Labute approximate surface area is 193 Å². The van der Waals surface area contributed by atoms with Crippen molar-refractivity contribution in [3.8, 4) is 5.75 Å². The number of nitrogens with one attached hydrogen (secondary N) is 1. The van der Waals surface area contributed by atoms with Crippen molar-refractivity contribution in [2.75, 3.05) is 5.32 Å². The fourth-order valence-corrected chi connectivity index (χ4v) is 4.31. The van der Waals surface area contributed by atoms with Crippen molar-refractivity contribution >= 4 is 28.7 Å². The maximum atomic E-state index is 11.9. The van der Waals surface area contributed by atoms with Crippen molar-refractivity contribution < 1.29 is 19.4 Å². The smallest absolute Gasteiger partial charge is 0.337 e. The van der Waals surface area contributed by atoms with Crippen LogP contribution in [-0.4, -0.2) is 17.0 Å². The Bertz CT molecular complexity index is 1230. The van der Waals surface area contributed by atoms with Gasteiger partial charge in [0.1, 0.15) is 12.4 Å². The lowest BCUT2D eigenvalue weighted by molar-refractivity contribution is -0.114.